The van der Waals surface area contributed by atoms with Gasteiger partial charge in [-0.25, -0.2) is 9.59 Å². The highest BCUT2D eigenvalue weighted by Gasteiger charge is 2.64. The van der Waals surface area contributed by atoms with Crippen molar-refractivity contribution in [2.45, 2.75) is 48.7 Å². The molecule has 0 amide bonds. The highest BCUT2D eigenvalue weighted by atomic mass is 16.5. The lowest BCUT2D eigenvalue weighted by atomic mass is 9.53. The van der Waals surface area contributed by atoms with Gasteiger partial charge in [0, 0.05) is 29.5 Å². The SMILES string of the molecule is C=CCN1CC[C@]23c4c5ccc(O)c4O[C@H]2[C@@H](O)C=C[C@H]3[C@H]1C5.O=C(O)[C@H](O)[C@@H](O)C(=O)O. The first-order valence-electron chi connectivity index (χ1n) is 10.7. The van der Waals surface area contributed by atoms with Gasteiger partial charge in [-0.2, -0.15) is 0 Å². The number of benzene rings is 1. The second-order valence-electron chi connectivity index (χ2n) is 8.80. The highest BCUT2D eigenvalue weighted by molar-refractivity contribution is 5.83. The summed E-state index contributed by atoms with van der Waals surface area (Å²) in [7, 11) is 0. The molecule has 1 saturated heterocycles. The molecule has 6 N–H and O–H groups in total. The zero-order valence-corrected chi connectivity index (χ0v) is 17.7. The Morgan fingerprint density at radius 3 is 2.48 bits per heavy atom. The molecule has 0 aromatic heterocycles. The Labute approximate surface area is 189 Å². The third-order valence-electron chi connectivity index (χ3n) is 7.16. The molecular weight excluding hydrogens is 434 g/mol. The summed E-state index contributed by atoms with van der Waals surface area (Å²) in [5.41, 5.74) is 2.22. The normalized spacial score (nSPS) is 32.5. The molecule has 2 aliphatic carbocycles. The van der Waals surface area contributed by atoms with Crippen LogP contribution in [0.4, 0.5) is 0 Å². The van der Waals surface area contributed by atoms with Gasteiger partial charge >= 0.3 is 11.9 Å². The molecule has 2 bridgehead atoms. The highest BCUT2D eigenvalue weighted by Crippen LogP contribution is 2.62. The molecule has 178 valence electrons. The number of aliphatic hydroxyl groups is 3. The number of rotatable bonds is 5. The Morgan fingerprint density at radius 1 is 1.21 bits per heavy atom. The van der Waals surface area contributed by atoms with Gasteiger partial charge in [0.2, 0.25) is 0 Å². The molecule has 10 heteroatoms. The predicted molar refractivity (Wildman–Crippen MR) is 114 cm³/mol. The minimum Gasteiger partial charge on any atom is -0.504 e. The summed E-state index contributed by atoms with van der Waals surface area (Å²) in [4.78, 5) is 22.0. The van der Waals surface area contributed by atoms with Crippen molar-refractivity contribution < 1.29 is 45.0 Å². The van der Waals surface area contributed by atoms with Crippen LogP contribution in [0.3, 0.4) is 0 Å². The number of aliphatic hydroxyl groups excluding tert-OH is 3. The topological polar surface area (TPSA) is 168 Å². The van der Waals surface area contributed by atoms with Crippen LogP contribution in [-0.2, 0) is 21.4 Å². The van der Waals surface area contributed by atoms with Crippen LogP contribution in [0.2, 0.25) is 0 Å². The molecule has 1 fully saturated rings. The number of hydrogen-bond donors (Lipinski definition) is 6. The minimum absolute atomic E-state index is 0.196. The lowest BCUT2D eigenvalue weighted by Gasteiger charge is -2.57. The van der Waals surface area contributed by atoms with E-state index < -0.39 is 30.3 Å². The van der Waals surface area contributed by atoms with Gasteiger partial charge in [-0.15, -0.1) is 6.58 Å². The van der Waals surface area contributed by atoms with Crippen molar-refractivity contribution in [3.8, 4) is 11.5 Å². The number of phenols is 1. The number of likely N-dealkylation sites (tertiary alicyclic amines) is 1. The fraction of sp³-hybridized carbons (Fsp3) is 0.478. The summed E-state index contributed by atoms with van der Waals surface area (Å²) in [5.74, 6) is -2.41. The number of aliphatic carboxylic acids is 2. The van der Waals surface area contributed by atoms with Crippen molar-refractivity contribution >= 4 is 11.9 Å². The molecule has 2 aliphatic heterocycles. The van der Waals surface area contributed by atoms with Gasteiger partial charge in [0.05, 0.1) is 0 Å². The van der Waals surface area contributed by atoms with Gasteiger partial charge in [0.15, 0.2) is 23.7 Å². The lowest BCUT2D eigenvalue weighted by molar-refractivity contribution is -0.165. The monoisotopic (exact) mass is 461 g/mol. The summed E-state index contributed by atoms with van der Waals surface area (Å²) >= 11 is 0. The van der Waals surface area contributed by atoms with Crippen molar-refractivity contribution in [1.29, 1.82) is 0 Å². The third kappa shape index (κ3) is 3.50. The number of nitrogens with zero attached hydrogens (tertiary/aromatic N) is 1. The van der Waals surface area contributed by atoms with Gasteiger partial charge in [-0.1, -0.05) is 24.3 Å². The number of carboxylic acid groups (broad SMARTS) is 2. The fourth-order valence-electron chi connectivity index (χ4n) is 5.79. The first-order valence-corrected chi connectivity index (χ1v) is 10.7. The van der Waals surface area contributed by atoms with E-state index in [4.69, 9.17) is 25.2 Å². The van der Waals surface area contributed by atoms with Crippen molar-refractivity contribution in [2.24, 2.45) is 5.92 Å². The summed E-state index contributed by atoms with van der Waals surface area (Å²) < 4.78 is 6.13. The molecule has 4 aliphatic rings. The van der Waals surface area contributed by atoms with Gasteiger partial charge in [-0.05, 0) is 31.0 Å². The van der Waals surface area contributed by atoms with E-state index in [9.17, 15) is 19.8 Å². The molecule has 2 heterocycles. The molecular formula is C23H27NO9. The van der Waals surface area contributed by atoms with Gasteiger partial charge in [-0.3, -0.25) is 4.90 Å². The van der Waals surface area contributed by atoms with Crippen molar-refractivity contribution in [3.63, 3.8) is 0 Å². The maximum Gasteiger partial charge on any atom is 0.335 e. The number of ether oxygens (including phenoxy) is 1. The van der Waals surface area contributed by atoms with Crippen LogP contribution in [0.5, 0.6) is 11.5 Å². The standard InChI is InChI=1S/C19H21NO3.C4H6O6/c1-2-8-20-9-7-19-12-4-6-15(22)18(19)23-17-14(21)5-3-11(16(17)19)10-13(12)20;5-1(3(7)8)2(6)4(9)10/h2-6,12-13,15,18,21-22H,1,7-10H2;1-2,5-6H,(H,7,8)(H,9,10)/t12-,13+,15-,18-,19-;1-,2-/m01/s1. The summed E-state index contributed by atoms with van der Waals surface area (Å²) in [6.45, 7) is 5.76. The zero-order valence-electron chi connectivity index (χ0n) is 17.7. The molecule has 10 nitrogen and oxygen atoms in total. The van der Waals surface area contributed by atoms with Crippen LogP contribution in [0.25, 0.3) is 0 Å². The van der Waals surface area contributed by atoms with E-state index in [1.807, 2.05) is 18.2 Å². The molecule has 33 heavy (non-hydrogen) atoms. The average molecular weight is 461 g/mol. The van der Waals surface area contributed by atoms with E-state index in [0.717, 1.165) is 31.5 Å². The fourth-order valence-corrected chi connectivity index (χ4v) is 5.79. The van der Waals surface area contributed by atoms with E-state index in [0.29, 0.717) is 17.7 Å². The van der Waals surface area contributed by atoms with Crippen LogP contribution in [-0.4, -0.2) is 91.0 Å². The second-order valence-corrected chi connectivity index (χ2v) is 8.80. The van der Waals surface area contributed by atoms with Crippen molar-refractivity contribution in [1.82, 2.24) is 4.90 Å². The van der Waals surface area contributed by atoms with E-state index in [2.05, 4.69) is 17.6 Å². The van der Waals surface area contributed by atoms with Crippen molar-refractivity contribution in [2.75, 3.05) is 13.1 Å². The Kier molecular flexibility index (Phi) is 5.95. The van der Waals surface area contributed by atoms with Crippen LogP contribution in [0.15, 0.2) is 36.9 Å². The molecule has 5 rings (SSSR count). The van der Waals surface area contributed by atoms with Crippen molar-refractivity contribution in [3.05, 3.63) is 48.1 Å². The molecule has 1 spiro atoms. The Morgan fingerprint density at radius 2 is 1.88 bits per heavy atom. The first-order chi connectivity index (χ1) is 15.6. The molecule has 0 unspecified atom stereocenters. The number of hydrogen-bond acceptors (Lipinski definition) is 8. The van der Waals surface area contributed by atoms with E-state index in [-0.39, 0.29) is 17.3 Å². The Bertz CT molecular complexity index is 990. The Hall–Kier alpha value is -2.92. The number of carbonyl (C=O) groups is 2. The number of phenolic OH excluding ortho intramolecular Hbond substituents is 1. The minimum atomic E-state index is -2.27. The van der Waals surface area contributed by atoms with Crippen LogP contribution >= 0.6 is 0 Å². The maximum absolute atomic E-state index is 10.5. The number of piperidine rings is 1. The summed E-state index contributed by atoms with van der Waals surface area (Å²) in [5, 5.41) is 53.3. The molecule has 1 aromatic rings. The Balaban J connectivity index is 0.000000223. The van der Waals surface area contributed by atoms with Crippen LogP contribution < -0.4 is 4.74 Å². The van der Waals surface area contributed by atoms with Gasteiger partial charge in [0.25, 0.3) is 0 Å². The zero-order chi connectivity index (χ0) is 24.1. The summed E-state index contributed by atoms with van der Waals surface area (Å²) in [6, 6.07) is 4.17. The molecule has 0 radical (unpaired) electrons. The maximum atomic E-state index is 10.5. The van der Waals surface area contributed by atoms with E-state index >= 15 is 0 Å². The van der Waals surface area contributed by atoms with E-state index in [1.54, 1.807) is 6.07 Å². The molecule has 7 atom stereocenters. The average Bonchev–Trinajstić information content (AvgIpc) is 3.13. The number of carboxylic acids is 2. The van der Waals surface area contributed by atoms with Gasteiger partial charge < -0.3 is 35.4 Å². The quantitative estimate of drug-likeness (QED) is 0.318. The lowest BCUT2D eigenvalue weighted by Crippen LogP contribution is -2.65. The van der Waals surface area contributed by atoms with Crippen LogP contribution in [0, 0.1) is 5.92 Å². The molecule has 0 saturated carbocycles. The van der Waals surface area contributed by atoms with Gasteiger partial charge in [0.1, 0.15) is 12.2 Å². The first kappa shape index (κ1) is 23.2. The third-order valence-corrected chi connectivity index (χ3v) is 7.16. The van der Waals surface area contributed by atoms with E-state index in [1.165, 1.54) is 5.56 Å². The predicted octanol–water partition coefficient (Wildman–Crippen LogP) is -0.368. The summed E-state index contributed by atoms with van der Waals surface area (Å²) in [6.07, 6.45) is 2.51. The smallest absolute Gasteiger partial charge is 0.335 e. The second kappa shape index (κ2) is 8.45. The van der Waals surface area contributed by atoms with Crippen LogP contribution in [0.1, 0.15) is 17.5 Å². The number of aromatic hydroxyl groups is 1. The largest absolute Gasteiger partial charge is 0.504 e. The molecule has 1 aromatic carbocycles.